The van der Waals surface area contributed by atoms with Crippen LogP contribution in [0.15, 0.2) is 18.2 Å². The molecule has 1 aliphatic rings. The maximum Gasteiger partial charge on any atom is 0.0992 e. The first-order valence-corrected chi connectivity index (χ1v) is 6.91. The molecule has 3 rings (SSSR count). The molecule has 1 aromatic carbocycles. The molecule has 2 aromatic rings. The number of hydrogen-bond donors (Lipinski definition) is 1. The van der Waals surface area contributed by atoms with Crippen LogP contribution in [0.2, 0.25) is 0 Å². The Kier molecular flexibility index (Phi) is 2.17. The molecule has 17 heavy (non-hydrogen) atoms. The predicted octanol–water partition coefficient (Wildman–Crippen LogP) is 3.54. The minimum Gasteiger partial charge on any atom is -0.321 e. The first-order chi connectivity index (χ1) is 7.88. The van der Waals surface area contributed by atoms with E-state index < -0.39 is 0 Å². The Bertz CT molecular complexity index is 570. The summed E-state index contributed by atoms with van der Waals surface area (Å²) in [6.45, 7) is 6.62. The highest BCUT2D eigenvalue weighted by Gasteiger charge is 2.40. The molecule has 2 N–H and O–H groups in total. The topological polar surface area (TPSA) is 38.9 Å². The largest absolute Gasteiger partial charge is 0.321 e. The molecule has 1 fully saturated rings. The van der Waals surface area contributed by atoms with Crippen molar-refractivity contribution in [3.63, 3.8) is 0 Å². The maximum absolute atomic E-state index is 6.23. The lowest BCUT2D eigenvalue weighted by atomic mass is 9.98. The number of benzene rings is 1. The van der Waals surface area contributed by atoms with Crippen molar-refractivity contribution in [2.24, 2.45) is 5.73 Å². The zero-order chi connectivity index (χ0) is 12.3. The number of fused-ring (bicyclic) bond motifs is 1. The molecule has 1 aliphatic carbocycles. The van der Waals surface area contributed by atoms with Gasteiger partial charge in [-0.05, 0) is 30.5 Å². The second kappa shape index (κ2) is 3.30. The number of rotatable bonds is 1. The van der Waals surface area contributed by atoms with Gasteiger partial charge in [-0.2, -0.15) is 0 Å². The summed E-state index contributed by atoms with van der Waals surface area (Å²) in [5, 5.41) is 1.20. The molecule has 0 spiro atoms. The van der Waals surface area contributed by atoms with E-state index in [9.17, 15) is 0 Å². The molecule has 0 unspecified atom stereocenters. The van der Waals surface area contributed by atoms with Gasteiger partial charge in [0.1, 0.15) is 0 Å². The summed E-state index contributed by atoms with van der Waals surface area (Å²) in [6, 6.07) is 6.51. The summed E-state index contributed by atoms with van der Waals surface area (Å²) in [7, 11) is 0. The Morgan fingerprint density at radius 3 is 2.59 bits per heavy atom. The third-order valence-corrected chi connectivity index (χ3v) is 4.85. The third-order valence-electron chi connectivity index (χ3n) is 3.39. The second-order valence-corrected chi connectivity index (χ2v) is 7.14. The molecule has 2 nitrogen and oxygen atoms in total. The summed E-state index contributed by atoms with van der Waals surface area (Å²) in [6.07, 6.45) is 2.21. The van der Waals surface area contributed by atoms with Crippen molar-refractivity contribution in [1.82, 2.24) is 4.98 Å². The lowest BCUT2D eigenvalue weighted by molar-refractivity contribution is 0.587. The number of nitrogens with two attached hydrogens (primary N) is 1. The van der Waals surface area contributed by atoms with E-state index in [1.807, 2.05) is 0 Å². The zero-order valence-electron chi connectivity index (χ0n) is 10.6. The van der Waals surface area contributed by atoms with E-state index in [0.29, 0.717) is 0 Å². The van der Waals surface area contributed by atoms with Gasteiger partial charge in [-0.25, -0.2) is 4.98 Å². The van der Waals surface area contributed by atoms with E-state index in [-0.39, 0.29) is 11.0 Å². The molecule has 90 valence electrons. The van der Waals surface area contributed by atoms with E-state index in [1.54, 1.807) is 11.3 Å². The van der Waals surface area contributed by atoms with Gasteiger partial charge in [0.2, 0.25) is 0 Å². The lowest BCUT2D eigenvalue weighted by Crippen LogP contribution is -2.18. The van der Waals surface area contributed by atoms with Crippen LogP contribution in [0, 0.1) is 0 Å². The van der Waals surface area contributed by atoms with Crippen LogP contribution in [-0.4, -0.2) is 4.98 Å². The maximum atomic E-state index is 6.23. The Hall–Kier alpha value is -0.930. The first kappa shape index (κ1) is 11.2. The molecular formula is C14H18N2S. The second-order valence-electron chi connectivity index (χ2n) is 6.11. The van der Waals surface area contributed by atoms with Crippen molar-refractivity contribution in [1.29, 1.82) is 0 Å². The van der Waals surface area contributed by atoms with Crippen molar-refractivity contribution in [2.75, 3.05) is 0 Å². The molecule has 1 aromatic heterocycles. The first-order valence-electron chi connectivity index (χ1n) is 6.09. The molecule has 0 saturated heterocycles. The average molecular weight is 246 g/mol. The standard InChI is InChI=1S/C14H18N2S/c1-13(2,3)12-16-10-8-9(14(15)6-7-14)4-5-11(10)17-12/h4-5,8H,6-7,15H2,1-3H3. The Morgan fingerprint density at radius 2 is 2.00 bits per heavy atom. The molecule has 3 heteroatoms. The summed E-state index contributed by atoms with van der Waals surface area (Å²) < 4.78 is 1.27. The van der Waals surface area contributed by atoms with Crippen molar-refractivity contribution in [2.45, 2.75) is 44.6 Å². The van der Waals surface area contributed by atoms with E-state index >= 15 is 0 Å². The van der Waals surface area contributed by atoms with Crippen LogP contribution in [0.5, 0.6) is 0 Å². The quantitative estimate of drug-likeness (QED) is 0.836. The van der Waals surface area contributed by atoms with Crippen LogP contribution in [0.4, 0.5) is 0 Å². The highest BCUT2D eigenvalue weighted by atomic mass is 32.1. The van der Waals surface area contributed by atoms with Crippen molar-refractivity contribution in [3.8, 4) is 0 Å². The highest BCUT2D eigenvalue weighted by Crippen LogP contribution is 2.44. The molecule has 1 heterocycles. The lowest BCUT2D eigenvalue weighted by Gasteiger charge is -2.13. The number of hydrogen-bond acceptors (Lipinski definition) is 3. The van der Waals surface area contributed by atoms with Gasteiger partial charge in [-0.15, -0.1) is 11.3 Å². The van der Waals surface area contributed by atoms with Crippen LogP contribution in [0.1, 0.15) is 44.2 Å². The van der Waals surface area contributed by atoms with E-state index in [2.05, 4.69) is 39.0 Å². The Morgan fingerprint density at radius 1 is 1.29 bits per heavy atom. The molecule has 0 atom stereocenters. The summed E-state index contributed by atoms with van der Waals surface area (Å²) >= 11 is 1.79. The minimum atomic E-state index is -0.0559. The van der Waals surface area contributed by atoms with Gasteiger partial charge >= 0.3 is 0 Å². The van der Waals surface area contributed by atoms with Gasteiger partial charge in [0.15, 0.2) is 0 Å². The summed E-state index contributed by atoms with van der Waals surface area (Å²) in [4.78, 5) is 4.75. The molecular weight excluding hydrogens is 228 g/mol. The minimum absolute atomic E-state index is 0.0559. The summed E-state index contributed by atoms with van der Waals surface area (Å²) in [5.74, 6) is 0. The van der Waals surface area contributed by atoms with Gasteiger partial charge in [0.25, 0.3) is 0 Å². The van der Waals surface area contributed by atoms with Gasteiger partial charge in [0, 0.05) is 11.0 Å². The normalized spacial score (nSPS) is 18.6. The summed E-state index contributed by atoms with van der Waals surface area (Å²) in [5.41, 5.74) is 8.65. The van der Waals surface area contributed by atoms with Crippen LogP contribution < -0.4 is 5.73 Å². The fraction of sp³-hybridized carbons (Fsp3) is 0.500. The van der Waals surface area contributed by atoms with Gasteiger partial charge in [0.05, 0.1) is 15.2 Å². The van der Waals surface area contributed by atoms with Crippen molar-refractivity contribution in [3.05, 3.63) is 28.8 Å². The van der Waals surface area contributed by atoms with E-state index in [0.717, 1.165) is 18.4 Å². The van der Waals surface area contributed by atoms with Crippen LogP contribution in [-0.2, 0) is 11.0 Å². The monoisotopic (exact) mass is 246 g/mol. The van der Waals surface area contributed by atoms with Gasteiger partial charge in [-0.1, -0.05) is 26.8 Å². The van der Waals surface area contributed by atoms with Crippen molar-refractivity contribution >= 4 is 21.6 Å². The number of aromatic nitrogens is 1. The number of nitrogens with zero attached hydrogens (tertiary/aromatic N) is 1. The fourth-order valence-corrected chi connectivity index (χ4v) is 2.98. The SMILES string of the molecule is CC(C)(C)c1nc2cc(C3(N)CC3)ccc2s1. The Balaban J connectivity index is 2.11. The van der Waals surface area contributed by atoms with Crippen LogP contribution in [0.3, 0.4) is 0 Å². The van der Waals surface area contributed by atoms with Gasteiger partial charge in [-0.3, -0.25) is 0 Å². The predicted molar refractivity (Wildman–Crippen MR) is 73.4 cm³/mol. The zero-order valence-corrected chi connectivity index (χ0v) is 11.4. The molecule has 0 aliphatic heterocycles. The fourth-order valence-electron chi connectivity index (χ4n) is 1.98. The number of thiazole rings is 1. The smallest absolute Gasteiger partial charge is 0.0992 e. The van der Waals surface area contributed by atoms with Crippen molar-refractivity contribution < 1.29 is 0 Å². The molecule has 0 amide bonds. The van der Waals surface area contributed by atoms with E-state index in [4.69, 9.17) is 10.7 Å². The van der Waals surface area contributed by atoms with E-state index in [1.165, 1.54) is 15.3 Å². The van der Waals surface area contributed by atoms with Crippen LogP contribution >= 0.6 is 11.3 Å². The highest BCUT2D eigenvalue weighted by molar-refractivity contribution is 7.18. The molecule has 1 saturated carbocycles. The third kappa shape index (κ3) is 1.87. The average Bonchev–Trinajstić information content (AvgIpc) is 2.85. The molecule has 0 radical (unpaired) electrons. The Labute approximate surface area is 106 Å². The van der Waals surface area contributed by atoms with Crippen LogP contribution in [0.25, 0.3) is 10.2 Å². The molecule has 0 bridgehead atoms. The van der Waals surface area contributed by atoms with Gasteiger partial charge < -0.3 is 5.73 Å².